The van der Waals surface area contributed by atoms with Crippen LogP contribution in [-0.4, -0.2) is 23.7 Å². The Hall–Kier alpha value is -1.81. The second-order valence-corrected chi connectivity index (χ2v) is 4.79. The molecule has 102 valence electrons. The van der Waals surface area contributed by atoms with Gasteiger partial charge in [-0.25, -0.2) is 0 Å². The third-order valence-corrected chi connectivity index (χ3v) is 3.24. The number of aliphatic hydroxyl groups is 1. The predicted molar refractivity (Wildman–Crippen MR) is 74.0 cm³/mol. The lowest BCUT2D eigenvalue weighted by atomic mass is 10.1. The van der Waals surface area contributed by atoms with Crippen LogP contribution in [0.2, 0.25) is 0 Å². The highest BCUT2D eigenvalue weighted by molar-refractivity contribution is 5.88. The van der Waals surface area contributed by atoms with E-state index in [1.807, 2.05) is 32.0 Å². The quantitative estimate of drug-likeness (QED) is 0.867. The molecule has 0 spiro atoms. The topological polar surface area (TPSA) is 62.5 Å². The summed E-state index contributed by atoms with van der Waals surface area (Å²) < 4.78 is 5.46. The Bertz CT molecular complexity index is 570. The van der Waals surface area contributed by atoms with Gasteiger partial charge in [-0.05, 0) is 25.0 Å². The second-order valence-electron chi connectivity index (χ2n) is 4.79. The minimum absolute atomic E-state index is 0.0342. The number of aliphatic hydroxyl groups excluding tert-OH is 1. The molecule has 4 heteroatoms. The summed E-state index contributed by atoms with van der Waals surface area (Å²) in [6, 6.07) is 5.76. The smallest absolute Gasteiger partial charge is 0.224 e. The van der Waals surface area contributed by atoms with Gasteiger partial charge in [-0.3, -0.25) is 4.79 Å². The summed E-state index contributed by atoms with van der Waals surface area (Å²) in [5.41, 5.74) is 2.81. The molecule has 2 rings (SSSR count). The normalized spacial score (nSPS) is 12.6. The van der Waals surface area contributed by atoms with Crippen LogP contribution in [-0.2, 0) is 11.2 Å². The molecular formula is C15H19NO3. The molecule has 4 nitrogen and oxygen atoms in total. The van der Waals surface area contributed by atoms with Crippen molar-refractivity contribution < 1.29 is 14.3 Å². The molecule has 0 bridgehead atoms. The highest BCUT2D eigenvalue weighted by Crippen LogP contribution is 2.22. The number of aryl methyl sites for hydroxylation is 1. The van der Waals surface area contributed by atoms with Crippen LogP contribution in [0.4, 0.5) is 0 Å². The van der Waals surface area contributed by atoms with Gasteiger partial charge in [0.2, 0.25) is 5.91 Å². The molecule has 0 radical (unpaired) electrons. The number of amides is 1. The highest BCUT2D eigenvalue weighted by Gasteiger charge is 2.13. The molecule has 0 fully saturated rings. The fraction of sp³-hybridized carbons (Fsp3) is 0.400. The Labute approximate surface area is 112 Å². The lowest BCUT2D eigenvalue weighted by molar-refractivity contribution is -0.121. The fourth-order valence-electron chi connectivity index (χ4n) is 2.06. The highest BCUT2D eigenvalue weighted by atomic mass is 16.3. The molecule has 1 unspecified atom stereocenters. The van der Waals surface area contributed by atoms with Gasteiger partial charge in [0.1, 0.15) is 5.58 Å². The van der Waals surface area contributed by atoms with Crippen LogP contribution in [0, 0.1) is 6.92 Å². The van der Waals surface area contributed by atoms with Crippen LogP contribution in [0.3, 0.4) is 0 Å². The van der Waals surface area contributed by atoms with Gasteiger partial charge >= 0.3 is 0 Å². The first-order valence-electron chi connectivity index (χ1n) is 6.51. The summed E-state index contributed by atoms with van der Waals surface area (Å²) >= 11 is 0. The third-order valence-electron chi connectivity index (χ3n) is 3.24. The van der Waals surface area contributed by atoms with Crippen molar-refractivity contribution in [3.8, 4) is 0 Å². The summed E-state index contributed by atoms with van der Waals surface area (Å²) in [5.74, 6) is -0.0934. The first kappa shape index (κ1) is 13.6. The Kier molecular flexibility index (Phi) is 4.22. The molecule has 1 aromatic heterocycles. The molecule has 1 aromatic carbocycles. The summed E-state index contributed by atoms with van der Waals surface area (Å²) in [4.78, 5) is 11.9. The van der Waals surface area contributed by atoms with Crippen molar-refractivity contribution in [3.05, 3.63) is 35.6 Å². The monoisotopic (exact) mass is 261 g/mol. The SMILES string of the molecule is CCC(CO)NC(=O)Cc1coc2cc(C)ccc12. The fourth-order valence-corrected chi connectivity index (χ4v) is 2.06. The van der Waals surface area contributed by atoms with E-state index in [0.717, 1.165) is 22.1 Å². The Balaban J connectivity index is 2.11. The number of nitrogens with one attached hydrogen (secondary N) is 1. The van der Waals surface area contributed by atoms with Crippen LogP contribution in [0.1, 0.15) is 24.5 Å². The average molecular weight is 261 g/mol. The lowest BCUT2D eigenvalue weighted by Gasteiger charge is -2.13. The maximum atomic E-state index is 11.9. The van der Waals surface area contributed by atoms with Crippen molar-refractivity contribution in [2.24, 2.45) is 0 Å². The van der Waals surface area contributed by atoms with E-state index < -0.39 is 0 Å². The van der Waals surface area contributed by atoms with E-state index >= 15 is 0 Å². The van der Waals surface area contributed by atoms with Crippen LogP contribution in [0.5, 0.6) is 0 Å². The Morgan fingerprint density at radius 2 is 2.26 bits per heavy atom. The number of fused-ring (bicyclic) bond motifs is 1. The Morgan fingerprint density at radius 1 is 1.47 bits per heavy atom. The number of carbonyl (C=O) groups is 1. The van der Waals surface area contributed by atoms with E-state index in [1.54, 1.807) is 6.26 Å². The zero-order valence-electron chi connectivity index (χ0n) is 11.3. The maximum Gasteiger partial charge on any atom is 0.224 e. The van der Waals surface area contributed by atoms with Crippen LogP contribution in [0.15, 0.2) is 28.9 Å². The minimum atomic E-state index is -0.173. The molecule has 0 aliphatic carbocycles. The second kappa shape index (κ2) is 5.89. The zero-order chi connectivity index (χ0) is 13.8. The van der Waals surface area contributed by atoms with Crippen molar-refractivity contribution in [2.75, 3.05) is 6.61 Å². The number of hydrogen-bond acceptors (Lipinski definition) is 3. The lowest BCUT2D eigenvalue weighted by Crippen LogP contribution is -2.37. The molecule has 0 saturated carbocycles. The maximum absolute atomic E-state index is 11.9. The molecule has 2 aromatic rings. The molecule has 0 saturated heterocycles. The van der Waals surface area contributed by atoms with Gasteiger partial charge in [-0.2, -0.15) is 0 Å². The minimum Gasteiger partial charge on any atom is -0.464 e. The first-order chi connectivity index (χ1) is 9.13. The van der Waals surface area contributed by atoms with E-state index in [1.165, 1.54) is 0 Å². The average Bonchev–Trinajstić information content (AvgIpc) is 2.78. The van der Waals surface area contributed by atoms with Crippen molar-refractivity contribution in [1.29, 1.82) is 0 Å². The number of hydrogen-bond donors (Lipinski definition) is 2. The number of furan rings is 1. The molecule has 1 atom stereocenters. The van der Waals surface area contributed by atoms with Crippen molar-refractivity contribution in [2.45, 2.75) is 32.7 Å². The van der Waals surface area contributed by atoms with Gasteiger partial charge in [-0.1, -0.05) is 19.1 Å². The van der Waals surface area contributed by atoms with Gasteiger partial charge in [0.25, 0.3) is 0 Å². The van der Waals surface area contributed by atoms with Gasteiger partial charge in [-0.15, -0.1) is 0 Å². The van der Waals surface area contributed by atoms with Gasteiger partial charge < -0.3 is 14.8 Å². The third kappa shape index (κ3) is 3.15. The van der Waals surface area contributed by atoms with Crippen LogP contribution >= 0.6 is 0 Å². The molecule has 0 aliphatic rings. The van der Waals surface area contributed by atoms with Crippen LogP contribution < -0.4 is 5.32 Å². The Morgan fingerprint density at radius 3 is 2.95 bits per heavy atom. The van der Waals surface area contributed by atoms with E-state index in [2.05, 4.69) is 5.32 Å². The number of carbonyl (C=O) groups excluding carboxylic acids is 1. The number of rotatable bonds is 5. The summed E-state index contributed by atoms with van der Waals surface area (Å²) in [5, 5.41) is 12.8. The van der Waals surface area contributed by atoms with Crippen molar-refractivity contribution in [1.82, 2.24) is 5.32 Å². The van der Waals surface area contributed by atoms with Gasteiger partial charge in [0, 0.05) is 10.9 Å². The van der Waals surface area contributed by atoms with E-state index in [0.29, 0.717) is 6.42 Å². The van der Waals surface area contributed by atoms with Gasteiger partial charge in [0.05, 0.1) is 25.3 Å². The molecule has 2 N–H and O–H groups in total. The number of benzene rings is 1. The van der Waals surface area contributed by atoms with E-state index in [9.17, 15) is 4.79 Å². The molecular weight excluding hydrogens is 242 g/mol. The summed E-state index contributed by atoms with van der Waals surface area (Å²) in [7, 11) is 0. The zero-order valence-corrected chi connectivity index (χ0v) is 11.3. The van der Waals surface area contributed by atoms with Crippen LogP contribution in [0.25, 0.3) is 11.0 Å². The largest absolute Gasteiger partial charge is 0.464 e. The standard InChI is InChI=1S/C15H19NO3/c1-3-12(8-17)16-15(18)7-11-9-19-14-6-10(2)4-5-13(11)14/h4-6,9,12,17H,3,7-8H2,1-2H3,(H,16,18). The molecule has 1 heterocycles. The van der Waals surface area contributed by atoms with E-state index in [-0.39, 0.29) is 25.0 Å². The summed E-state index contributed by atoms with van der Waals surface area (Å²) in [6.45, 7) is 3.90. The summed E-state index contributed by atoms with van der Waals surface area (Å²) in [6.07, 6.45) is 2.61. The van der Waals surface area contributed by atoms with Gasteiger partial charge in [0.15, 0.2) is 0 Å². The van der Waals surface area contributed by atoms with E-state index in [4.69, 9.17) is 9.52 Å². The first-order valence-corrected chi connectivity index (χ1v) is 6.51. The predicted octanol–water partition coefficient (Wildman–Crippen LogP) is 2.17. The van der Waals surface area contributed by atoms with Crippen molar-refractivity contribution in [3.63, 3.8) is 0 Å². The molecule has 19 heavy (non-hydrogen) atoms. The molecule has 0 aliphatic heterocycles. The molecule has 1 amide bonds. The van der Waals surface area contributed by atoms with Crippen molar-refractivity contribution >= 4 is 16.9 Å².